The summed E-state index contributed by atoms with van der Waals surface area (Å²) in [5.74, 6) is 1.60. The SMILES string of the molecule is CCCCC1CCC(CCc2ccc(-c3ccc(CCC)cc3F)nn2)CC1. The first-order chi connectivity index (χ1) is 13.7. The third kappa shape index (κ3) is 5.86. The molecule has 0 spiro atoms. The van der Waals surface area contributed by atoms with Crippen LogP contribution in [-0.2, 0) is 12.8 Å². The molecule has 152 valence electrons. The summed E-state index contributed by atoms with van der Waals surface area (Å²) in [5, 5.41) is 8.68. The summed E-state index contributed by atoms with van der Waals surface area (Å²) in [7, 11) is 0. The van der Waals surface area contributed by atoms with Gasteiger partial charge in [-0.05, 0) is 60.9 Å². The summed E-state index contributed by atoms with van der Waals surface area (Å²) in [6.07, 6.45) is 13.8. The average molecular weight is 383 g/mol. The van der Waals surface area contributed by atoms with E-state index in [2.05, 4.69) is 24.0 Å². The van der Waals surface area contributed by atoms with E-state index in [0.717, 1.165) is 42.4 Å². The van der Waals surface area contributed by atoms with E-state index in [0.29, 0.717) is 11.3 Å². The Balaban J connectivity index is 1.50. The van der Waals surface area contributed by atoms with E-state index < -0.39 is 0 Å². The van der Waals surface area contributed by atoms with Crippen molar-refractivity contribution in [2.24, 2.45) is 11.8 Å². The van der Waals surface area contributed by atoms with E-state index in [1.807, 2.05) is 24.3 Å². The van der Waals surface area contributed by atoms with Gasteiger partial charge in [-0.25, -0.2) is 4.39 Å². The van der Waals surface area contributed by atoms with Crippen molar-refractivity contribution in [1.29, 1.82) is 0 Å². The van der Waals surface area contributed by atoms with Crippen LogP contribution in [0.15, 0.2) is 30.3 Å². The van der Waals surface area contributed by atoms with Crippen LogP contribution in [0.1, 0.15) is 82.9 Å². The Morgan fingerprint density at radius 2 is 1.61 bits per heavy atom. The minimum atomic E-state index is -0.201. The van der Waals surface area contributed by atoms with Crippen LogP contribution in [0.4, 0.5) is 4.39 Å². The number of benzene rings is 1. The highest BCUT2D eigenvalue weighted by molar-refractivity contribution is 5.59. The molecule has 2 aromatic rings. The summed E-state index contributed by atoms with van der Waals surface area (Å²) in [4.78, 5) is 0. The van der Waals surface area contributed by atoms with Crippen molar-refractivity contribution in [3.05, 3.63) is 47.4 Å². The largest absolute Gasteiger partial charge is 0.206 e. The standard InChI is InChI=1S/C25H35FN2/c1-3-5-7-19-8-10-20(11-9-19)12-14-22-15-17-25(28-27-22)23-16-13-21(6-4-2)18-24(23)26/h13,15-20H,3-12,14H2,1-2H3. The predicted octanol–water partition coefficient (Wildman–Crippen LogP) is 7.16. The highest BCUT2D eigenvalue weighted by Crippen LogP contribution is 2.34. The third-order valence-electron chi connectivity index (χ3n) is 6.31. The van der Waals surface area contributed by atoms with Gasteiger partial charge in [0.25, 0.3) is 0 Å². The molecule has 1 saturated carbocycles. The molecule has 0 saturated heterocycles. The van der Waals surface area contributed by atoms with Gasteiger partial charge in [0, 0.05) is 5.56 Å². The molecule has 0 amide bonds. The van der Waals surface area contributed by atoms with Crippen molar-refractivity contribution >= 4 is 0 Å². The van der Waals surface area contributed by atoms with Gasteiger partial charge in [0.1, 0.15) is 5.82 Å². The molecule has 0 unspecified atom stereocenters. The fourth-order valence-corrected chi connectivity index (χ4v) is 4.50. The van der Waals surface area contributed by atoms with E-state index in [1.54, 1.807) is 6.07 Å². The molecule has 2 nitrogen and oxygen atoms in total. The maximum Gasteiger partial charge on any atom is 0.132 e. The lowest BCUT2D eigenvalue weighted by molar-refractivity contribution is 0.249. The summed E-state index contributed by atoms with van der Waals surface area (Å²) < 4.78 is 14.4. The number of nitrogens with zero attached hydrogens (tertiary/aromatic N) is 2. The van der Waals surface area contributed by atoms with E-state index in [-0.39, 0.29) is 5.82 Å². The van der Waals surface area contributed by atoms with Gasteiger partial charge in [0.15, 0.2) is 0 Å². The topological polar surface area (TPSA) is 25.8 Å². The number of halogens is 1. The highest BCUT2D eigenvalue weighted by Gasteiger charge is 2.20. The van der Waals surface area contributed by atoms with Crippen LogP contribution in [0.3, 0.4) is 0 Å². The first-order valence-electron chi connectivity index (χ1n) is 11.3. The van der Waals surface area contributed by atoms with E-state index in [1.165, 1.54) is 51.4 Å². The Labute approximate surface area is 170 Å². The predicted molar refractivity (Wildman–Crippen MR) is 115 cm³/mol. The number of aryl methyl sites for hydroxylation is 2. The summed E-state index contributed by atoms with van der Waals surface area (Å²) in [6.45, 7) is 4.39. The molecule has 1 aliphatic rings. The second-order valence-corrected chi connectivity index (χ2v) is 8.54. The van der Waals surface area contributed by atoms with Crippen LogP contribution in [0.5, 0.6) is 0 Å². The first kappa shape index (κ1) is 21.0. The zero-order valence-electron chi connectivity index (χ0n) is 17.6. The molecule has 0 aliphatic heterocycles. The molecule has 0 bridgehead atoms. The molecule has 1 aromatic carbocycles. The lowest BCUT2D eigenvalue weighted by atomic mass is 9.78. The zero-order chi connectivity index (χ0) is 19.8. The van der Waals surface area contributed by atoms with Gasteiger partial charge < -0.3 is 0 Å². The minimum Gasteiger partial charge on any atom is -0.206 e. The Morgan fingerprint density at radius 1 is 0.857 bits per heavy atom. The molecule has 0 atom stereocenters. The lowest BCUT2D eigenvalue weighted by Crippen LogP contribution is -2.15. The normalized spacial score (nSPS) is 19.7. The van der Waals surface area contributed by atoms with E-state index in [4.69, 9.17) is 0 Å². The van der Waals surface area contributed by atoms with Gasteiger partial charge in [-0.15, -0.1) is 0 Å². The van der Waals surface area contributed by atoms with Crippen molar-refractivity contribution in [2.45, 2.75) is 84.5 Å². The van der Waals surface area contributed by atoms with Crippen molar-refractivity contribution in [1.82, 2.24) is 10.2 Å². The van der Waals surface area contributed by atoms with Crippen molar-refractivity contribution in [3.63, 3.8) is 0 Å². The fourth-order valence-electron chi connectivity index (χ4n) is 4.50. The number of aromatic nitrogens is 2. The maximum atomic E-state index is 14.4. The van der Waals surface area contributed by atoms with Crippen LogP contribution >= 0.6 is 0 Å². The number of unbranched alkanes of at least 4 members (excludes halogenated alkanes) is 1. The Kier molecular flexibility index (Phi) is 8.00. The van der Waals surface area contributed by atoms with E-state index >= 15 is 0 Å². The van der Waals surface area contributed by atoms with Crippen LogP contribution in [0.25, 0.3) is 11.3 Å². The average Bonchev–Trinajstić information content (AvgIpc) is 2.72. The van der Waals surface area contributed by atoms with Crippen molar-refractivity contribution < 1.29 is 4.39 Å². The van der Waals surface area contributed by atoms with Crippen molar-refractivity contribution in [3.8, 4) is 11.3 Å². The van der Waals surface area contributed by atoms with Gasteiger partial charge in [-0.2, -0.15) is 10.2 Å². The third-order valence-corrected chi connectivity index (χ3v) is 6.31. The summed E-state index contributed by atoms with van der Waals surface area (Å²) in [6, 6.07) is 9.40. The van der Waals surface area contributed by atoms with Crippen molar-refractivity contribution in [2.75, 3.05) is 0 Å². The molecular formula is C25H35FN2. The number of rotatable bonds is 9. The second kappa shape index (κ2) is 10.7. The Bertz CT molecular complexity index is 718. The van der Waals surface area contributed by atoms with Gasteiger partial charge >= 0.3 is 0 Å². The second-order valence-electron chi connectivity index (χ2n) is 8.54. The number of hydrogen-bond acceptors (Lipinski definition) is 2. The molecule has 0 N–H and O–H groups in total. The van der Waals surface area contributed by atoms with Crippen LogP contribution in [-0.4, -0.2) is 10.2 Å². The molecule has 1 aliphatic carbocycles. The summed E-state index contributed by atoms with van der Waals surface area (Å²) in [5.41, 5.74) is 3.24. The quantitative estimate of drug-likeness (QED) is 0.459. The number of hydrogen-bond donors (Lipinski definition) is 0. The monoisotopic (exact) mass is 382 g/mol. The zero-order valence-corrected chi connectivity index (χ0v) is 17.6. The molecule has 3 rings (SSSR count). The first-order valence-corrected chi connectivity index (χ1v) is 11.3. The van der Waals surface area contributed by atoms with E-state index in [9.17, 15) is 4.39 Å². The molecule has 28 heavy (non-hydrogen) atoms. The van der Waals surface area contributed by atoms with Gasteiger partial charge in [-0.3, -0.25) is 0 Å². The maximum absolute atomic E-state index is 14.4. The highest BCUT2D eigenvalue weighted by atomic mass is 19.1. The molecule has 3 heteroatoms. The van der Waals surface area contributed by atoms with Gasteiger partial charge in [-0.1, -0.05) is 71.3 Å². The molecule has 0 radical (unpaired) electrons. The minimum absolute atomic E-state index is 0.201. The smallest absolute Gasteiger partial charge is 0.132 e. The molecule has 1 fully saturated rings. The Morgan fingerprint density at radius 3 is 2.21 bits per heavy atom. The van der Waals surface area contributed by atoms with Crippen LogP contribution in [0, 0.1) is 17.7 Å². The lowest BCUT2D eigenvalue weighted by Gasteiger charge is -2.28. The van der Waals surface area contributed by atoms with Gasteiger partial charge in [0.2, 0.25) is 0 Å². The Hall–Kier alpha value is -1.77. The van der Waals surface area contributed by atoms with Crippen LogP contribution in [0.2, 0.25) is 0 Å². The summed E-state index contributed by atoms with van der Waals surface area (Å²) >= 11 is 0. The molecule has 1 heterocycles. The molecular weight excluding hydrogens is 347 g/mol. The van der Waals surface area contributed by atoms with Crippen LogP contribution < -0.4 is 0 Å². The fraction of sp³-hybridized carbons (Fsp3) is 0.600. The molecule has 1 aromatic heterocycles. The van der Waals surface area contributed by atoms with Gasteiger partial charge in [0.05, 0.1) is 11.4 Å².